The summed E-state index contributed by atoms with van der Waals surface area (Å²) in [6.07, 6.45) is 1.98. The van der Waals surface area contributed by atoms with Gasteiger partial charge in [-0.05, 0) is 50.2 Å². The van der Waals surface area contributed by atoms with Crippen molar-refractivity contribution in [3.63, 3.8) is 0 Å². The number of aromatic nitrogens is 6. The van der Waals surface area contributed by atoms with Crippen LogP contribution in [0.15, 0.2) is 48.7 Å². The first kappa shape index (κ1) is 16.0. The Morgan fingerprint density at radius 2 is 1.93 bits per heavy atom. The molecule has 0 N–H and O–H groups in total. The second kappa shape index (κ2) is 6.17. The van der Waals surface area contributed by atoms with Crippen molar-refractivity contribution >= 4 is 21.9 Å². The predicted octanol–water partition coefficient (Wildman–Crippen LogP) is 3.87. The van der Waals surface area contributed by atoms with Crippen molar-refractivity contribution in [2.75, 3.05) is 6.61 Å². The van der Waals surface area contributed by atoms with Crippen LogP contribution in [-0.2, 0) is 0 Å². The Hall–Kier alpha value is -3.26. The maximum atomic E-state index is 5.51. The van der Waals surface area contributed by atoms with Gasteiger partial charge in [-0.3, -0.25) is 4.40 Å². The number of benzene rings is 1. The minimum atomic E-state index is 0.651. The summed E-state index contributed by atoms with van der Waals surface area (Å²) in [4.78, 5) is 5.36. The van der Waals surface area contributed by atoms with Crippen molar-refractivity contribution in [3.05, 3.63) is 54.4 Å². The van der Waals surface area contributed by atoms with Crippen LogP contribution in [0, 0.1) is 6.92 Å². The van der Waals surface area contributed by atoms with E-state index in [9.17, 15) is 0 Å². The Kier molecular flexibility index (Phi) is 3.64. The van der Waals surface area contributed by atoms with Crippen molar-refractivity contribution in [1.82, 2.24) is 29.2 Å². The highest BCUT2D eigenvalue weighted by atomic mass is 32.1. The molecule has 4 heterocycles. The largest absolute Gasteiger partial charge is 0.494 e. The van der Waals surface area contributed by atoms with Crippen LogP contribution in [0.3, 0.4) is 0 Å². The quantitative estimate of drug-likeness (QED) is 0.476. The molecular weight excluding hydrogens is 360 g/mol. The highest BCUT2D eigenvalue weighted by Gasteiger charge is 2.20. The van der Waals surface area contributed by atoms with Crippen molar-refractivity contribution in [1.29, 1.82) is 0 Å². The van der Waals surface area contributed by atoms with Crippen LogP contribution in [0.5, 0.6) is 5.75 Å². The Morgan fingerprint density at radius 1 is 1.07 bits per heavy atom. The molecule has 0 aliphatic rings. The van der Waals surface area contributed by atoms with Crippen molar-refractivity contribution in [2.45, 2.75) is 13.8 Å². The van der Waals surface area contributed by atoms with Crippen molar-refractivity contribution < 1.29 is 4.74 Å². The molecular formula is C19H16N6OS. The lowest BCUT2D eigenvalue weighted by Gasteiger charge is -2.02. The van der Waals surface area contributed by atoms with Gasteiger partial charge in [0.2, 0.25) is 10.8 Å². The molecule has 0 unspecified atom stereocenters. The van der Waals surface area contributed by atoms with Gasteiger partial charge in [-0.15, -0.1) is 10.2 Å². The minimum absolute atomic E-state index is 0.651. The standard InChI is InChI=1S/C19H16N6OS/c1-3-26-14-9-7-13(8-10-14)18-23-25-17(21-22-19(25)27-18)16-12(2)20-15-6-4-5-11-24(15)16/h4-11H,3H2,1-2H3. The van der Waals surface area contributed by atoms with Gasteiger partial charge >= 0.3 is 0 Å². The molecule has 5 aromatic rings. The first-order chi connectivity index (χ1) is 13.2. The number of aryl methyl sites for hydroxylation is 1. The van der Waals surface area contributed by atoms with E-state index >= 15 is 0 Å². The van der Waals surface area contributed by atoms with Crippen molar-refractivity contribution in [3.8, 4) is 27.8 Å². The molecule has 0 radical (unpaired) electrons. The topological polar surface area (TPSA) is 69.6 Å². The van der Waals surface area contributed by atoms with Gasteiger partial charge in [0.1, 0.15) is 22.1 Å². The van der Waals surface area contributed by atoms with E-state index in [1.165, 1.54) is 11.3 Å². The number of nitrogens with zero attached hydrogens (tertiary/aromatic N) is 6. The third-order valence-corrected chi connectivity index (χ3v) is 5.27. The predicted molar refractivity (Wildman–Crippen MR) is 104 cm³/mol. The molecule has 0 aliphatic carbocycles. The average molecular weight is 376 g/mol. The van der Waals surface area contributed by atoms with Crippen LogP contribution in [0.2, 0.25) is 0 Å². The van der Waals surface area contributed by atoms with E-state index in [0.29, 0.717) is 12.4 Å². The smallest absolute Gasteiger partial charge is 0.235 e. The van der Waals surface area contributed by atoms with E-state index < -0.39 is 0 Å². The molecule has 0 atom stereocenters. The second-order valence-corrected chi connectivity index (χ2v) is 7.01. The molecule has 27 heavy (non-hydrogen) atoms. The number of pyridine rings is 1. The van der Waals surface area contributed by atoms with Crippen LogP contribution in [-0.4, -0.2) is 35.8 Å². The lowest BCUT2D eigenvalue weighted by molar-refractivity contribution is 0.340. The Balaban J connectivity index is 1.62. The number of imidazole rings is 1. The fraction of sp³-hybridized carbons (Fsp3) is 0.158. The lowest BCUT2D eigenvalue weighted by Crippen LogP contribution is -1.96. The third-order valence-electron chi connectivity index (χ3n) is 4.32. The molecule has 0 bridgehead atoms. The second-order valence-electron chi connectivity index (χ2n) is 6.06. The number of hydrogen-bond donors (Lipinski definition) is 0. The molecule has 0 spiro atoms. The molecule has 0 aliphatic heterocycles. The summed E-state index contributed by atoms with van der Waals surface area (Å²) >= 11 is 1.51. The summed E-state index contributed by atoms with van der Waals surface area (Å²) in [5.41, 5.74) is 3.70. The molecule has 5 rings (SSSR count). The number of ether oxygens (including phenoxy) is 1. The molecule has 1 aromatic carbocycles. The Bertz CT molecular complexity index is 1250. The van der Waals surface area contributed by atoms with E-state index in [1.807, 2.05) is 66.9 Å². The summed E-state index contributed by atoms with van der Waals surface area (Å²) < 4.78 is 9.32. The highest BCUT2D eigenvalue weighted by Crippen LogP contribution is 2.30. The molecule has 0 saturated heterocycles. The van der Waals surface area contributed by atoms with Gasteiger partial charge in [0, 0.05) is 11.8 Å². The third kappa shape index (κ3) is 2.57. The van der Waals surface area contributed by atoms with Gasteiger partial charge in [0.15, 0.2) is 0 Å². The molecule has 4 aromatic heterocycles. The fourth-order valence-electron chi connectivity index (χ4n) is 3.12. The fourth-order valence-corrected chi connectivity index (χ4v) is 3.97. The van der Waals surface area contributed by atoms with Crippen LogP contribution in [0.25, 0.3) is 32.7 Å². The van der Waals surface area contributed by atoms with Crippen LogP contribution >= 0.6 is 11.3 Å². The Labute approximate surface area is 158 Å². The van der Waals surface area contributed by atoms with Gasteiger partial charge in [-0.1, -0.05) is 17.4 Å². The molecule has 0 amide bonds. The van der Waals surface area contributed by atoms with Crippen LogP contribution in [0.1, 0.15) is 12.6 Å². The van der Waals surface area contributed by atoms with Gasteiger partial charge in [-0.2, -0.15) is 9.61 Å². The molecule has 0 saturated carbocycles. The van der Waals surface area contributed by atoms with E-state index in [0.717, 1.165) is 38.3 Å². The molecule has 134 valence electrons. The summed E-state index contributed by atoms with van der Waals surface area (Å²) in [6.45, 7) is 4.60. The normalized spacial score (nSPS) is 11.5. The van der Waals surface area contributed by atoms with Gasteiger partial charge in [-0.25, -0.2) is 4.98 Å². The first-order valence-corrected chi connectivity index (χ1v) is 9.46. The molecule has 0 fully saturated rings. The van der Waals surface area contributed by atoms with E-state index in [1.54, 1.807) is 4.52 Å². The summed E-state index contributed by atoms with van der Waals surface area (Å²) in [7, 11) is 0. The zero-order valence-corrected chi connectivity index (χ0v) is 15.6. The average Bonchev–Trinajstić information content (AvgIpc) is 3.34. The van der Waals surface area contributed by atoms with E-state index in [4.69, 9.17) is 9.84 Å². The summed E-state index contributed by atoms with van der Waals surface area (Å²) in [5.74, 6) is 1.54. The van der Waals surface area contributed by atoms with E-state index in [2.05, 4.69) is 15.2 Å². The maximum absolute atomic E-state index is 5.51. The zero-order chi connectivity index (χ0) is 18.4. The monoisotopic (exact) mass is 376 g/mol. The van der Waals surface area contributed by atoms with Gasteiger partial charge < -0.3 is 4.74 Å². The first-order valence-electron chi connectivity index (χ1n) is 8.64. The maximum Gasteiger partial charge on any atom is 0.235 e. The van der Waals surface area contributed by atoms with Crippen LogP contribution < -0.4 is 4.74 Å². The Morgan fingerprint density at radius 3 is 2.74 bits per heavy atom. The van der Waals surface area contributed by atoms with Gasteiger partial charge in [0.05, 0.1) is 12.3 Å². The van der Waals surface area contributed by atoms with Crippen molar-refractivity contribution in [2.24, 2.45) is 0 Å². The number of fused-ring (bicyclic) bond motifs is 2. The van der Waals surface area contributed by atoms with Gasteiger partial charge in [0.25, 0.3) is 0 Å². The SMILES string of the molecule is CCOc1ccc(-c2nn3c(-c4c(C)nc5ccccn45)nnc3s2)cc1. The number of hydrogen-bond acceptors (Lipinski definition) is 6. The number of rotatable bonds is 4. The minimum Gasteiger partial charge on any atom is -0.494 e. The lowest BCUT2D eigenvalue weighted by atomic mass is 10.2. The summed E-state index contributed by atoms with van der Waals surface area (Å²) in [6, 6.07) is 13.8. The summed E-state index contributed by atoms with van der Waals surface area (Å²) in [5, 5.41) is 14.3. The van der Waals surface area contributed by atoms with E-state index in [-0.39, 0.29) is 0 Å². The molecule has 8 heteroatoms. The van der Waals surface area contributed by atoms with Crippen LogP contribution in [0.4, 0.5) is 0 Å². The highest BCUT2D eigenvalue weighted by molar-refractivity contribution is 7.19. The zero-order valence-electron chi connectivity index (χ0n) is 14.8. The molecule has 7 nitrogen and oxygen atoms in total.